The van der Waals surface area contributed by atoms with Crippen molar-refractivity contribution in [2.45, 2.75) is 43.7 Å². The van der Waals surface area contributed by atoms with Crippen LogP contribution in [-0.4, -0.2) is 52.4 Å². The molecule has 2 unspecified atom stereocenters. The van der Waals surface area contributed by atoms with Gasteiger partial charge in [0.2, 0.25) is 6.17 Å². The van der Waals surface area contributed by atoms with Gasteiger partial charge in [-0.2, -0.15) is 18.3 Å². The molecule has 2 aromatic heterocycles. The van der Waals surface area contributed by atoms with Gasteiger partial charge in [0, 0.05) is 25.0 Å². The number of alkyl halides is 3. The number of rotatable bonds is 5. The average Bonchev–Trinajstić information content (AvgIpc) is 3.51. The first-order chi connectivity index (χ1) is 18.0. The predicted molar refractivity (Wildman–Crippen MR) is 132 cm³/mol. The molecule has 3 aliphatic rings. The molecular formula is C25H32F3N9O+2. The molecule has 202 valence electrons. The Morgan fingerprint density at radius 2 is 2.00 bits per heavy atom. The fourth-order valence-electron chi connectivity index (χ4n) is 5.96. The Labute approximate surface area is 217 Å². The first-order valence-electron chi connectivity index (χ1n) is 12.7. The van der Waals surface area contributed by atoms with Crippen LogP contribution >= 0.6 is 0 Å². The van der Waals surface area contributed by atoms with Crippen LogP contribution in [0.3, 0.4) is 0 Å². The molecule has 6 rings (SSSR count). The maximum absolute atomic E-state index is 13.8. The highest BCUT2D eigenvalue weighted by Gasteiger charge is 2.46. The lowest BCUT2D eigenvalue weighted by atomic mass is 9.71. The van der Waals surface area contributed by atoms with E-state index in [1.807, 2.05) is 19.2 Å². The number of quaternary nitrogens is 1. The summed E-state index contributed by atoms with van der Waals surface area (Å²) in [7, 11) is 6.20. The zero-order valence-electron chi connectivity index (χ0n) is 21.5. The Morgan fingerprint density at radius 3 is 2.61 bits per heavy atom. The fraction of sp³-hybridized carbons (Fsp3) is 0.480. The van der Waals surface area contributed by atoms with Crippen LogP contribution < -0.4 is 27.2 Å². The van der Waals surface area contributed by atoms with Crippen molar-refractivity contribution in [2.24, 2.45) is 11.1 Å². The molecule has 1 saturated heterocycles. The molecule has 1 aromatic carbocycles. The number of aromatic nitrogens is 2. The van der Waals surface area contributed by atoms with Crippen LogP contribution in [0.1, 0.15) is 48.0 Å². The molecule has 2 fully saturated rings. The monoisotopic (exact) mass is 531 g/mol. The molecular weight excluding hydrogens is 499 g/mol. The Hall–Kier alpha value is -3.26. The number of hydrogen-bond donors (Lipinski definition) is 4. The highest BCUT2D eigenvalue weighted by molar-refractivity contribution is 5.57. The minimum atomic E-state index is -4.58. The van der Waals surface area contributed by atoms with Crippen molar-refractivity contribution in [1.29, 1.82) is 0 Å². The second kappa shape index (κ2) is 8.90. The Morgan fingerprint density at radius 1 is 1.21 bits per heavy atom. The lowest BCUT2D eigenvalue weighted by Gasteiger charge is -2.42. The van der Waals surface area contributed by atoms with Gasteiger partial charge < -0.3 is 0 Å². The second-order valence-corrected chi connectivity index (χ2v) is 11.1. The second-order valence-electron chi connectivity index (χ2n) is 11.1. The third-order valence-corrected chi connectivity index (χ3v) is 8.21. The lowest BCUT2D eigenvalue weighted by Crippen LogP contribution is -2.67. The molecule has 3 atom stereocenters. The Bertz CT molecular complexity index is 1460. The highest BCUT2D eigenvalue weighted by Crippen LogP contribution is 2.44. The van der Waals surface area contributed by atoms with Gasteiger partial charge in [-0.25, -0.2) is 15.6 Å². The molecule has 0 amide bonds. The van der Waals surface area contributed by atoms with Gasteiger partial charge in [-0.05, 0) is 54.7 Å². The summed E-state index contributed by atoms with van der Waals surface area (Å²) in [5, 5.41) is 8.91. The molecule has 4 N–H and O–H groups in total. The Balaban J connectivity index is 1.55. The van der Waals surface area contributed by atoms with E-state index >= 15 is 0 Å². The molecule has 0 spiro atoms. The van der Waals surface area contributed by atoms with E-state index in [1.165, 1.54) is 29.4 Å². The molecule has 38 heavy (non-hydrogen) atoms. The number of nitrogens with zero attached hydrogens (tertiary/aromatic N) is 5. The van der Waals surface area contributed by atoms with Gasteiger partial charge in [0.1, 0.15) is 6.67 Å². The van der Waals surface area contributed by atoms with E-state index in [9.17, 15) is 18.0 Å². The summed E-state index contributed by atoms with van der Waals surface area (Å²) in [6.07, 6.45) is 1.22. The van der Waals surface area contributed by atoms with Gasteiger partial charge in [0.05, 0.1) is 42.0 Å². The average molecular weight is 532 g/mol. The number of pyridine rings is 1. The van der Waals surface area contributed by atoms with Crippen LogP contribution in [0.5, 0.6) is 0 Å². The molecule has 13 heteroatoms. The van der Waals surface area contributed by atoms with Crippen LogP contribution in [0, 0.1) is 5.92 Å². The van der Waals surface area contributed by atoms with E-state index in [4.69, 9.17) is 0 Å². The van der Waals surface area contributed by atoms with E-state index < -0.39 is 17.4 Å². The number of hydrogen-bond acceptors (Lipinski definition) is 6. The molecule has 2 aliphatic heterocycles. The minimum Gasteiger partial charge on any atom is -0.299 e. The number of likely N-dealkylation sites (N-methyl/N-ethyl adjacent to an activating group) is 1. The van der Waals surface area contributed by atoms with Crippen LogP contribution in [0.15, 0.2) is 52.7 Å². The molecule has 10 nitrogen and oxygen atoms in total. The number of fused-ring (bicyclic) bond motifs is 1. The number of imidazole rings is 1. The topological polar surface area (TPSA) is 92.1 Å². The number of halogens is 3. The number of benzene rings is 1. The summed E-state index contributed by atoms with van der Waals surface area (Å²) in [6.45, 7) is 0.765. The van der Waals surface area contributed by atoms with Crippen LogP contribution in [-0.2, 0) is 6.18 Å². The maximum Gasteiger partial charge on any atom is 0.418 e. The minimum absolute atomic E-state index is 0.0853. The molecule has 1 aliphatic carbocycles. The van der Waals surface area contributed by atoms with Crippen molar-refractivity contribution in [3.8, 4) is 5.69 Å². The normalized spacial score (nSPS) is 24.6. The number of hydrazine groups is 2. The van der Waals surface area contributed by atoms with Crippen molar-refractivity contribution < 1.29 is 22.8 Å². The predicted octanol–water partition coefficient (Wildman–Crippen LogP) is 1.36. The SMILES string of the molecule is CN1NN=[NH+]C1c1cc([C@H](C2CCC2)C2NNC[N+]2(C)C)cc(-n2cc3c(C(F)(F)F)cccn3c2=O)c1. The van der Waals surface area contributed by atoms with Crippen LogP contribution in [0.25, 0.3) is 11.2 Å². The smallest absolute Gasteiger partial charge is 0.299 e. The van der Waals surface area contributed by atoms with Crippen molar-refractivity contribution in [1.82, 2.24) is 30.4 Å². The highest BCUT2D eigenvalue weighted by atomic mass is 19.4. The summed E-state index contributed by atoms with van der Waals surface area (Å²) in [5.74, 6) is 0.578. The van der Waals surface area contributed by atoms with Crippen molar-refractivity contribution >= 4 is 5.52 Å². The first kappa shape index (κ1) is 25.0. The third-order valence-electron chi connectivity index (χ3n) is 8.21. The van der Waals surface area contributed by atoms with Gasteiger partial charge in [-0.15, -0.1) is 0 Å². The van der Waals surface area contributed by atoms with E-state index in [0.717, 1.165) is 45.6 Å². The summed E-state index contributed by atoms with van der Waals surface area (Å²) < 4.78 is 44.4. The summed E-state index contributed by atoms with van der Waals surface area (Å²) in [4.78, 5) is 13.4. The molecule has 3 aromatic rings. The van der Waals surface area contributed by atoms with E-state index in [2.05, 4.69) is 46.9 Å². The summed E-state index contributed by atoms with van der Waals surface area (Å²) in [6, 6.07) is 8.17. The van der Waals surface area contributed by atoms with E-state index in [0.29, 0.717) is 11.6 Å². The standard InChI is InChI=1S/C25H31F3N9O/c1-34-22(30-32-33-34)17-10-16(21(15-6-4-7-15)23-31-29-14-37(23,2)3)11-18(12-17)36-13-20-19(25(26,27)28)8-5-9-35(20)24(36)38/h5,8-13,15,21-23,29,31H,4,6-7,14H2,1-3H3,(H,30,33)/q+1/p+1/t21-,22?,23?/m0/s1. The van der Waals surface area contributed by atoms with Crippen LogP contribution in [0.4, 0.5) is 13.2 Å². The molecule has 0 radical (unpaired) electrons. The first-order valence-corrected chi connectivity index (χ1v) is 12.7. The molecule has 4 heterocycles. The van der Waals surface area contributed by atoms with Crippen molar-refractivity contribution in [3.63, 3.8) is 0 Å². The van der Waals surface area contributed by atoms with Gasteiger partial charge in [0.25, 0.3) is 0 Å². The summed E-state index contributed by atoms with van der Waals surface area (Å²) in [5.41, 5.74) is 10.5. The zero-order valence-corrected chi connectivity index (χ0v) is 21.5. The van der Waals surface area contributed by atoms with Crippen LogP contribution in [0.2, 0.25) is 0 Å². The quantitative estimate of drug-likeness (QED) is 0.374. The molecule has 0 bridgehead atoms. The summed E-state index contributed by atoms with van der Waals surface area (Å²) >= 11 is 0. The van der Waals surface area contributed by atoms with E-state index in [-0.39, 0.29) is 23.8 Å². The van der Waals surface area contributed by atoms with Gasteiger partial charge in [-0.3, -0.25) is 13.5 Å². The van der Waals surface area contributed by atoms with Crippen molar-refractivity contribution in [3.05, 3.63) is 69.9 Å². The van der Waals surface area contributed by atoms with E-state index in [1.54, 1.807) is 5.01 Å². The van der Waals surface area contributed by atoms with Crippen molar-refractivity contribution in [2.75, 3.05) is 27.8 Å². The van der Waals surface area contributed by atoms with Gasteiger partial charge in [-0.1, -0.05) is 17.0 Å². The zero-order chi connectivity index (χ0) is 26.8. The third kappa shape index (κ3) is 4.10. The van der Waals surface area contributed by atoms with Gasteiger partial charge in [0.15, 0.2) is 6.17 Å². The fourth-order valence-corrected chi connectivity index (χ4v) is 5.96. The largest absolute Gasteiger partial charge is 0.418 e. The Kier molecular flexibility index (Phi) is 5.87. The maximum atomic E-state index is 13.8. The molecule has 1 saturated carbocycles. The number of nitrogens with one attached hydrogen (secondary N) is 4. The van der Waals surface area contributed by atoms with Gasteiger partial charge >= 0.3 is 11.9 Å². The lowest BCUT2D eigenvalue weighted by molar-refractivity contribution is -0.907.